The summed E-state index contributed by atoms with van der Waals surface area (Å²) in [5, 5.41) is 0. The zero-order valence-corrected chi connectivity index (χ0v) is 12.9. The average Bonchev–Trinajstić information content (AvgIpc) is 3.02. The highest BCUT2D eigenvalue weighted by molar-refractivity contribution is 5.96. The molecule has 0 N–H and O–H groups in total. The number of hydrogen-bond donors (Lipinski definition) is 0. The number of halogens is 1. The van der Waals surface area contributed by atoms with E-state index in [9.17, 15) is 14.0 Å². The highest BCUT2D eigenvalue weighted by atomic mass is 19.1. The summed E-state index contributed by atoms with van der Waals surface area (Å²) in [6, 6.07) is 14.7. The molecule has 2 aromatic carbocycles. The van der Waals surface area contributed by atoms with Crippen molar-refractivity contribution < 1.29 is 18.5 Å². The number of benzene rings is 2. The predicted octanol–water partition coefficient (Wildman–Crippen LogP) is 2.68. The second-order valence-electron chi connectivity index (χ2n) is 5.48. The smallest absolute Gasteiger partial charge is 0.244 e. The first-order valence-corrected chi connectivity index (χ1v) is 7.53. The van der Waals surface area contributed by atoms with Crippen LogP contribution in [0.25, 0.3) is 0 Å². The molecule has 0 unspecified atom stereocenters. The Labute approximate surface area is 138 Å². The Kier molecular flexibility index (Phi) is 4.61. The third-order valence-corrected chi connectivity index (χ3v) is 3.64. The molecule has 5 heteroatoms. The molecular weight excluding hydrogens is 307 g/mol. The van der Waals surface area contributed by atoms with E-state index in [1.165, 1.54) is 18.2 Å². The van der Waals surface area contributed by atoms with Crippen LogP contribution in [0.3, 0.4) is 0 Å². The van der Waals surface area contributed by atoms with Gasteiger partial charge in [0.05, 0.1) is 0 Å². The van der Waals surface area contributed by atoms with Crippen molar-refractivity contribution in [3.8, 4) is 0 Å². The summed E-state index contributed by atoms with van der Waals surface area (Å²) in [6.45, 7) is 0.293. The molecule has 0 aliphatic rings. The summed E-state index contributed by atoms with van der Waals surface area (Å²) in [7, 11) is 0. The standard InChI is InChI=1S/C19H16FN2O2/c20-17-8-4-7-16(11-17)19(24)13-22-10-9-21(14-22)12-18(23)15-5-2-1-3-6-15/h1-11,14H,12-13H2/q+1. The van der Waals surface area contributed by atoms with E-state index in [-0.39, 0.29) is 24.7 Å². The summed E-state index contributed by atoms with van der Waals surface area (Å²) in [5.41, 5.74) is 0.976. The first-order chi connectivity index (χ1) is 11.6. The van der Waals surface area contributed by atoms with E-state index >= 15 is 0 Å². The molecule has 0 saturated heterocycles. The molecular formula is C19H16FN2O2+. The molecule has 1 heterocycles. The quantitative estimate of drug-likeness (QED) is 0.517. The van der Waals surface area contributed by atoms with Gasteiger partial charge < -0.3 is 0 Å². The van der Waals surface area contributed by atoms with Crippen LogP contribution in [0.5, 0.6) is 0 Å². The first kappa shape index (κ1) is 15.8. The Balaban J connectivity index is 1.65. The van der Waals surface area contributed by atoms with Crippen molar-refractivity contribution in [2.45, 2.75) is 13.1 Å². The lowest BCUT2D eigenvalue weighted by Gasteiger charge is -1.99. The fraction of sp³-hybridized carbons (Fsp3) is 0.105. The van der Waals surface area contributed by atoms with Crippen molar-refractivity contribution in [3.63, 3.8) is 0 Å². The van der Waals surface area contributed by atoms with Gasteiger partial charge in [-0.25, -0.2) is 13.5 Å². The zero-order chi connectivity index (χ0) is 16.9. The van der Waals surface area contributed by atoms with E-state index < -0.39 is 5.82 Å². The maximum absolute atomic E-state index is 13.2. The van der Waals surface area contributed by atoms with Gasteiger partial charge in [-0.1, -0.05) is 42.5 Å². The summed E-state index contributed by atoms with van der Waals surface area (Å²) >= 11 is 0. The van der Waals surface area contributed by atoms with Gasteiger partial charge in [0, 0.05) is 11.1 Å². The molecule has 0 radical (unpaired) electrons. The lowest BCUT2D eigenvalue weighted by Crippen LogP contribution is -2.36. The van der Waals surface area contributed by atoms with Crippen molar-refractivity contribution in [1.82, 2.24) is 4.57 Å². The number of Topliss-reactive ketones (excluding diaryl/α,β-unsaturated/α-hetero) is 2. The largest absolute Gasteiger partial charge is 0.290 e. The molecule has 3 rings (SSSR count). The molecule has 3 aromatic rings. The van der Waals surface area contributed by atoms with E-state index in [1.54, 1.807) is 46.1 Å². The molecule has 0 bridgehead atoms. The van der Waals surface area contributed by atoms with E-state index in [4.69, 9.17) is 0 Å². The minimum Gasteiger partial charge on any atom is -0.290 e. The third kappa shape index (κ3) is 3.81. The van der Waals surface area contributed by atoms with Gasteiger partial charge in [0.1, 0.15) is 18.2 Å². The Morgan fingerprint density at radius 1 is 0.958 bits per heavy atom. The van der Waals surface area contributed by atoms with Crippen molar-refractivity contribution in [3.05, 3.63) is 90.3 Å². The lowest BCUT2D eigenvalue weighted by atomic mass is 10.1. The third-order valence-electron chi connectivity index (χ3n) is 3.64. The van der Waals surface area contributed by atoms with Crippen molar-refractivity contribution in [2.75, 3.05) is 0 Å². The summed E-state index contributed by atoms with van der Waals surface area (Å²) in [6.07, 6.45) is 5.15. The molecule has 0 fully saturated rings. The molecule has 1 aromatic heterocycles. The highest BCUT2D eigenvalue weighted by Gasteiger charge is 2.14. The van der Waals surface area contributed by atoms with Gasteiger partial charge in [-0.05, 0) is 12.1 Å². The zero-order valence-electron chi connectivity index (χ0n) is 12.9. The van der Waals surface area contributed by atoms with Crippen LogP contribution in [0.15, 0.2) is 73.3 Å². The summed E-state index contributed by atoms with van der Waals surface area (Å²) < 4.78 is 16.6. The highest BCUT2D eigenvalue weighted by Crippen LogP contribution is 2.06. The predicted molar refractivity (Wildman–Crippen MR) is 86.1 cm³/mol. The summed E-state index contributed by atoms with van der Waals surface area (Å²) in [4.78, 5) is 24.3. The number of nitrogens with zero attached hydrogens (tertiary/aromatic N) is 2. The number of hydrogen-bond acceptors (Lipinski definition) is 2. The molecule has 24 heavy (non-hydrogen) atoms. The van der Waals surface area contributed by atoms with E-state index in [0.29, 0.717) is 11.1 Å². The van der Waals surface area contributed by atoms with Gasteiger partial charge in [0.2, 0.25) is 17.9 Å². The average molecular weight is 323 g/mol. The Bertz CT molecular complexity index is 872. The van der Waals surface area contributed by atoms with E-state index in [0.717, 1.165) is 0 Å². The van der Waals surface area contributed by atoms with Gasteiger partial charge in [-0.15, -0.1) is 0 Å². The number of ketones is 2. The van der Waals surface area contributed by atoms with Gasteiger partial charge in [0.15, 0.2) is 13.1 Å². The van der Waals surface area contributed by atoms with Crippen molar-refractivity contribution in [1.29, 1.82) is 0 Å². The normalized spacial score (nSPS) is 10.5. The Morgan fingerprint density at radius 3 is 2.46 bits per heavy atom. The molecule has 0 amide bonds. The maximum atomic E-state index is 13.2. The number of carbonyl (C=O) groups is 2. The molecule has 0 spiro atoms. The monoisotopic (exact) mass is 323 g/mol. The molecule has 0 aliphatic carbocycles. The molecule has 0 atom stereocenters. The summed E-state index contributed by atoms with van der Waals surface area (Å²) in [5.74, 6) is -0.627. The van der Waals surface area contributed by atoms with Crippen LogP contribution >= 0.6 is 0 Å². The number of carbonyl (C=O) groups excluding carboxylic acids is 2. The van der Waals surface area contributed by atoms with Crippen LogP contribution < -0.4 is 4.57 Å². The van der Waals surface area contributed by atoms with Crippen molar-refractivity contribution >= 4 is 11.6 Å². The number of aromatic nitrogens is 2. The second kappa shape index (κ2) is 7.00. The van der Waals surface area contributed by atoms with E-state index in [1.807, 2.05) is 18.2 Å². The lowest BCUT2D eigenvalue weighted by molar-refractivity contribution is -0.682. The van der Waals surface area contributed by atoms with Crippen LogP contribution in [-0.4, -0.2) is 16.1 Å². The van der Waals surface area contributed by atoms with E-state index in [2.05, 4.69) is 0 Å². The van der Waals surface area contributed by atoms with Crippen LogP contribution in [0.2, 0.25) is 0 Å². The number of imidazole rings is 1. The molecule has 120 valence electrons. The minimum atomic E-state index is -0.433. The van der Waals surface area contributed by atoms with Crippen LogP contribution in [0.1, 0.15) is 20.7 Å². The SMILES string of the molecule is O=C(Cn1cc[n+](CC(=O)c2ccccc2)c1)c1cccc(F)c1. The van der Waals surface area contributed by atoms with Gasteiger partial charge in [-0.3, -0.25) is 9.59 Å². The Morgan fingerprint density at radius 2 is 1.71 bits per heavy atom. The minimum absolute atomic E-state index is 0.00481. The van der Waals surface area contributed by atoms with Gasteiger partial charge >= 0.3 is 0 Å². The van der Waals surface area contributed by atoms with Crippen LogP contribution in [0.4, 0.5) is 4.39 Å². The fourth-order valence-electron chi connectivity index (χ4n) is 2.43. The fourth-order valence-corrected chi connectivity index (χ4v) is 2.43. The van der Waals surface area contributed by atoms with Gasteiger partial charge in [-0.2, -0.15) is 0 Å². The topological polar surface area (TPSA) is 43.0 Å². The molecule has 0 saturated carbocycles. The molecule has 0 aliphatic heterocycles. The number of rotatable bonds is 6. The van der Waals surface area contributed by atoms with Crippen LogP contribution in [-0.2, 0) is 13.1 Å². The maximum Gasteiger partial charge on any atom is 0.244 e. The van der Waals surface area contributed by atoms with Gasteiger partial charge in [0.25, 0.3) is 0 Å². The Hall–Kier alpha value is -3.08. The van der Waals surface area contributed by atoms with Crippen LogP contribution in [0, 0.1) is 5.82 Å². The second-order valence-corrected chi connectivity index (χ2v) is 5.48. The van der Waals surface area contributed by atoms with Crippen molar-refractivity contribution in [2.24, 2.45) is 0 Å². The molecule has 4 nitrogen and oxygen atoms in total. The first-order valence-electron chi connectivity index (χ1n) is 7.53.